The normalized spacial score (nSPS) is 10.1. The molecule has 1 heterocycles. The van der Waals surface area contributed by atoms with Crippen LogP contribution in [0, 0.1) is 32.1 Å². The van der Waals surface area contributed by atoms with Gasteiger partial charge in [0, 0.05) is 10.7 Å². The molecule has 4 nitrogen and oxygen atoms in total. The highest BCUT2D eigenvalue weighted by Crippen LogP contribution is 2.30. The summed E-state index contributed by atoms with van der Waals surface area (Å²) in [6, 6.07) is 7.38. The molecule has 0 aliphatic heterocycles. The van der Waals surface area contributed by atoms with Gasteiger partial charge in [-0.15, -0.1) is 0 Å². The van der Waals surface area contributed by atoms with Gasteiger partial charge in [-0.2, -0.15) is 10.2 Å². The molecule has 0 saturated heterocycles. The van der Waals surface area contributed by atoms with Gasteiger partial charge in [-0.25, -0.2) is 4.98 Å². The number of rotatable bonds is 2. The molecule has 0 aliphatic rings. The molecule has 2 aromatic rings. The summed E-state index contributed by atoms with van der Waals surface area (Å²) in [6.45, 7) is 5.58. The largest absolute Gasteiger partial charge is 0.424 e. The van der Waals surface area contributed by atoms with Crippen LogP contribution in [0.2, 0.25) is 5.02 Å². The quantitative estimate of drug-likeness (QED) is 0.837. The van der Waals surface area contributed by atoms with Crippen LogP contribution < -0.4 is 4.74 Å². The predicted molar refractivity (Wildman–Crippen MR) is 72.5 cm³/mol. The van der Waals surface area contributed by atoms with Gasteiger partial charge in [0.1, 0.15) is 17.5 Å². The number of benzene rings is 1. The molecule has 0 unspecified atom stereocenters. The number of hydrogen-bond donors (Lipinski definition) is 0. The van der Waals surface area contributed by atoms with Crippen molar-refractivity contribution < 1.29 is 4.74 Å². The van der Waals surface area contributed by atoms with E-state index < -0.39 is 0 Å². The lowest BCUT2D eigenvalue weighted by Gasteiger charge is -2.11. The average molecular weight is 274 g/mol. The Kier molecular flexibility index (Phi) is 3.68. The van der Waals surface area contributed by atoms with Crippen LogP contribution in [0.4, 0.5) is 0 Å². The lowest BCUT2D eigenvalue weighted by Crippen LogP contribution is -1.99. The molecule has 1 aromatic heterocycles. The van der Waals surface area contributed by atoms with E-state index in [1.165, 1.54) is 0 Å². The Bertz CT molecular complexity index is 654. The van der Waals surface area contributed by atoms with Gasteiger partial charge in [0.05, 0.1) is 0 Å². The van der Waals surface area contributed by atoms with E-state index in [4.69, 9.17) is 21.6 Å². The Balaban J connectivity index is 2.42. The fraction of sp³-hybridized carbons (Fsp3) is 0.214. The Morgan fingerprint density at radius 3 is 2.32 bits per heavy atom. The van der Waals surface area contributed by atoms with Crippen LogP contribution in [0.1, 0.15) is 22.5 Å². The van der Waals surface area contributed by atoms with Crippen LogP contribution in [0.15, 0.2) is 18.2 Å². The molecule has 0 fully saturated rings. The summed E-state index contributed by atoms with van der Waals surface area (Å²) >= 11 is 5.97. The zero-order chi connectivity index (χ0) is 14.0. The molecule has 0 bridgehead atoms. The summed E-state index contributed by atoms with van der Waals surface area (Å²) in [5, 5.41) is 9.54. The molecule has 0 spiro atoms. The Morgan fingerprint density at radius 2 is 1.74 bits per heavy atom. The first-order valence-corrected chi connectivity index (χ1v) is 6.08. The molecule has 0 N–H and O–H groups in total. The monoisotopic (exact) mass is 273 g/mol. The average Bonchev–Trinajstić information content (AvgIpc) is 2.33. The number of nitrogens with zero attached hydrogens (tertiary/aromatic N) is 3. The molecule has 2 rings (SSSR count). The van der Waals surface area contributed by atoms with Gasteiger partial charge in [0.25, 0.3) is 0 Å². The first kappa shape index (κ1) is 13.3. The third kappa shape index (κ3) is 3.01. The molecule has 0 saturated carbocycles. The molecule has 0 aliphatic carbocycles. The molecule has 5 heteroatoms. The van der Waals surface area contributed by atoms with E-state index in [1.54, 1.807) is 13.0 Å². The van der Waals surface area contributed by atoms with E-state index in [9.17, 15) is 0 Å². The molecule has 1 aromatic carbocycles. The van der Waals surface area contributed by atoms with Crippen LogP contribution in [0.5, 0.6) is 11.8 Å². The summed E-state index contributed by atoms with van der Waals surface area (Å²) in [5.74, 6) is 0.666. The molecule has 0 amide bonds. The van der Waals surface area contributed by atoms with Crippen molar-refractivity contribution >= 4 is 11.6 Å². The van der Waals surface area contributed by atoms with Gasteiger partial charge in [-0.1, -0.05) is 11.6 Å². The number of ether oxygens (including phenoxy) is 1. The maximum absolute atomic E-state index is 8.88. The van der Waals surface area contributed by atoms with E-state index in [0.717, 1.165) is 11.1 Å². The molecule has 0 atom stereocenters. The Labute approximate surface area is 116 Å². The number of nitriles is 1. The fourth-order valence-electron chi connectivity index (χ4n) is 1.79. The smallest absolute Gasteiger partial charge is 0.323 e. The number of halogens is 1. The van der Waals surface area contributed by atoms with Crippen LogP contribution in [0.25, 0.3) is 0 Å². The van der Waals surface area contributed by atoms with Crippen LogP contribution in [-0.4, -0.2) is 9.97 Å². The Hall–Kier alpha value is -2.12. The molecule has 96 valence electrons. The van der Waals surface area contributed by atoms with Gasteiger partial charge < -0.3 is 4.74 Å². The van der Waals surface area contributed by atoms with Crippen LogP contribution in [0.3, 0.4) is 0 Å². The summed E-state index contributed by atoms with van der Waals surface area (Å²) in [5.41, 5.74) is 2.76. The topological polar surface area (TPSA) is 58.8 Å². The second kappa shape index (κ2) is 5.25. The zero-order valence-electron chi connectivity index (χ0n) is 10.9. The summed E-state index contributed by atoms with van der Waals surface area (Å²) in [6.07, 6.45) is 0. The third-order valence-electron chi connectivity index (χ3n) is 2.57. The molecular formula is C14H12ClN3O. The summed E-state index contributed by atoms with van der Waals surface area (Å²) < 4.78 is 5.69. The fourth-order valence-corrected chi connectivity index (χ4v) is 2.12. The van der Waals surface area contributed by atoms with E-state index in [1.807, 2.05) is 32.0 Å². The third-order valence-corrected chi connectivity index (χ3v) is 2.78. The minimum atomic E-state index is 0.171. The minimum absolute atomic E-state index is 0.171. The minimum Gasteiger partial charge on any atom is -0.424 e. The lowest BCUT2D eigenvalue weighted by atomic mass is 10.1. The predicted octanol–water partition coefficient (Wildman–Crippen LogP) is 3.72. The molecule has 0 radical (unpaired) electrons. The first-order valence-electron chi connectivity index (χ1n) is 5.70. The van der Waals surface area contributed by atoms with Crippen molar-refractivity contribution in [3.8, 4) is 17.8 Å². The second-order valence-corrected chi connectivity index (χ2v) is 4.70. The lowest BCUT2D eigenvalue weighted by molar-refractivity contribution is 0.433. The van der Waals surface area contributed by atoms with Crippen molar-refractivity contribution in [3.05, 3.63) is 45.7 Å². The van der Waals surface area contributed by atoms with Gasteiger partial charge in [0.2, 0.25) is 0 Å². The zero-order valence-corrected chi connectivity index (χ0v) is 11.6. The highest BCUT2D eigenvalue weighted by Gasteiger charge is 2.10. The van der Waals surface area contributed by atoms with Crippen molar-refractivity contribution in [1.29, 1.82) is 5.26 Å². The first-order chi connectivity index (χ1) is 8.99. The van der Waals surface area contributed by atoms with Gasteiger partial charge in [-0.3, -0.25) is 0 Å². The maximum atomic E-state index is 8.88. The Morgan fingerprint density at radius 1 is 1.11 bits per heavy atom. The van der Waals surface area contributed by atoms with Gasteiger partial charge in [0.15, 0.2) is 0 Å². The van der Waals surface area contributed by atoms with E-state index in [-0.39, 0.29) is 11.7 Å². The summed E-state index contributed by atoms with van der Waals surface area (Å²) in [7, 11) is 0. The SMILES string of the molecule is Cc1cc(C#N)nc(Oc2c(C)cc(Cl)cc2C)n1. The van der Waals surface area contributed by atoms with E-state index in [0.29, 0.717) is 16.5 Å². The van der Waals surface area contributed by atoms with Crippen molar-refractivity contribution in [3.63, 3.8) is 0 Å². The molecule has 19 heavy (non-hydrogen) atoms. The standard InChI is InChI=1S/C14H12ClN3O/c1-8-4-11(15)5-9(2)13(8)19-14-17-10(3)6-12(7-16)18-14/h4-6H,1-3H3. The van der Waals surface area contributed by atoms with Crippen molar-refractivity contribution in [2.45, 2.75) is 20.8 Å². The van der Waals surface area contributed by atoms with Crippen molar-refractivity contribution in [2.24, 2.45) is 0 Å². The number of aryl methyl sites for hydroxylation is 3. The number of aromatic nitrogens is 2. The van der Waals surface area contributed by atoms with Gasteiger partial charge in [-0.05, 0) is 50.1 Å². The number of hydrogen-bond acceptors (Lipinski definition) is 4. The van der Waals surface area contributed by atoms with Crippen molar-refractivity contribution in [1.82, 2.24) is 9.97 Å². The van der Waals surface area contributed by atoms with Crippen molar-refractivity contribution in [2.75, 3.05) is 0 Å². The van der Waals surface area contributed by atoms with Gasteiger partial charge >= 0.3 is 6.01 Å². The summed E-state index contributed by atoms with van der Waals surface area (Å²) in [4.78, 5) is 8.19. The maximum Gasteiger partial charge on any atom is 0.323 e. The van der Waals surface area contributed by atoms with E-state index in [2.05, 4.69) is 9.97 Å². The highest BCUT2D eigenvalue weighted by molar-refractivity contribution is 6.30. The van der Waals surface area contributed by atoms with Crippen LogP contribution in [-0.2, 0) is 0 Å². The highest BCUT2D eigenvalue weighted by atomic mass is 35.5. The van der Waals surface area contributed by atoms with E-state index >= 15 is 0 Å². The second-order valence-electron chi connectivity index (χ2n) is 4.26. The molecular weight excluding hydrogens is 262 g/mol. The van der Waals surface area contributed by atoms with Crippen LogP contribution >= 0.6 is 11.6 Å².